The summed E-state index contributed by atoms with van der Waals surface area (Å²) in [6, 6.07) is 12.5. The average molecular weight is 441 g/mol. The topological polar surface area (TPSA) is 98.7 Å². The third-order valence-corrected chi connectivity index (χ3v) is 4.80. The van der Waals surface area contributed by atoms with Gasteiger partial charge in [0.1, 0.15) is 5.75 Å². The molecule has 0 spiro atoms. The zero-order valence-corrected chi connectivity index (χ0v) is 18.2. The zero-order chi connectivity index (χ0) is 22.8. The van der Waals surface area contributed by atoms with Crippen LogP contribution in [0.5, 0.6) is 17.2 Å². The minimum atomic E-state index is -0.247. The average Bonchev–Trinajstić information content (AvgIpc) is 2.83. The molecule has 2 aromatic rings. The Bertz CT molecular complexity index is 956. The number of benzene rings is 2. The van der Waals surface area contributed by atoms with Crippen molar-refractivity contribution in [3.8, 4) is 17.2 Å². The highest BCUT2D eigenvalue weighted by molar-refractivity contribution is 5.84. The van der Waals surface area contributed by atoms with Crippen molar-refractivity contribution in [1.82, 2.24) is 10.3 Å². The summed E-state index contributed by atoms with van der Waals surface area (Å²) in [5.41, 5.74) is 4.03. The molecule has 0 aliphatic carbocycles. The number of hydrogen-bond acceptors (Lipinski definition) is 7. The van der Waals surface area contributed by atoms with Gasteiger partial charge in [0.2, 0.25) is 5.91 Å². The summed E-state index contributed by atoms with van der Waals surface area (Å²) in [5, 5.41) is 4.00. The normalized spacial score (nSPS) is 13.6. The molecule has 3 rings (SSSR count). The third-order valence-electron chi connectivity index (χ3n) is 4.80. The van der Waals surface area contributed by atoms with Gasteiger partial charge in [-0.2, -0.15) is 5.10 Å². The van der Waals surface area contributed by atoms with Gasteiger partial charge in [-0.3, -0.25) is 9.59 Å². The fourth-order valence-corrected chi connectivity index (χ4v) is 3.11. The predicted molar refractivity (Wildman–Crippen MR) is 118 cm³/mol. The van der Waals surface area contributed by atoms with Gasteiger partial charge in [0.15, 0.2) is 18.1 Å². The molecular weight excluding hydrogens is 414 g/mol. The Hall–Kier alpha value is -3.59. The Morgan fingerprint density at radius 1 is 1.09 bits per heavy atom. The first kappa shape index (κ1) is 23.1. The second-order valence-corrected chi connectivity index (χ2v) is 7.01. The van der Waals surface area contributed by atoms with E-state index in [2.05, 4.69) is 10.5 Å². The van der Waals surface area contributed by atoms with E-state index in [9.17, 15) is 9.59 Å². The summed E-state index contributed by atoms with van der Waals surface area (Å²) in [4.78, 5) is 26.1. The highest BCUT2D eigenvalue weighted by Crippen LogP contribution is 2.27. The molecule has 0 bridgehead atoms. The van der Waals surface area contributed by atoms with Crippen molar-refractivity contribution in [3.05, 3.63) is 53.6 Å². The molecule has 1 N–H and O–H groups in total. The molecule has 0 unspecified atom stereocenters. The number of carbonyl (C=O) groups excluding carboxylic acids is 2. The number of rotatable bonds is 9. The summed E-state index contributed by atoms with van der Waals surface area (Å²) in [7, 11) is 3.10. The van der Waals surface area contributed by atoms with E-state index in [1.165, 1.54) is 13.3 Å². The third kappa shape index (κ3) is 6.71. The van der Waals surface area contributed by atoms with Gasteiger partial charge < -0.3 is 23.8 Å². The van der Waals surface area contributed by atoms with Crippen molar-refractivity contribution in [2.45, 2.75) is 6.42 Å². The maximum atomic E-state index is 12.2. The van der Waals surface area contributed by atoms with E-state index in [4.69, 9.17) is 18.9 Å². The molecule has 1 aliphatic rings. The van der Waals surface area contributed by atoms with Crippen LogP contribution in [-0.4, -0.2) is 70.1 Å². The first-order chi connectivity index (χ1) is 15.6. The van der Waals surface area contributed by atoms with Crippen LogP contribution in [0, 0.1) is 0 Å². The van der Waals surface area contributed by atoms with Crippen LogP contribution in [0.2, 0.25) is 0 Å². The van der Waals surface area contributed by atoms with Crippen LogP contribution in [-0.2, 0) is 20.7 Å². The number of hydrogen-bond donors (Lipinski definition) is 1. The molecule has 0 atom stereocenters. The van der Waals surface area contributed by atoms with Crippen LogP contribution in [0.4, 0.5) is 0 Å². The quantitative estimate of drug-likeness (QED) is 0.469. The smallest absolute Gasteiger partial charge is 0.260 e. The molecule has 1 fully saturated rings. The van der Waals surface area contributed by atoms with Crippen molar-refractivity contribution in [3.63, 3.8) is 0 Å². The molecule has 1 heterocycles. The van der Waals surface area contributed by atoms with Gasteiger partial charge in [-0.15, -0.1) is 0 Å². The second-order valence-electron chi connectivity index (χ2n) is 7.01. The van der Waals surface area contributed by atoms with E-state index in [0.717, 1.165) is 5.56 Å². The second kappa shape index (κ2) is 11.7. The maximum absolute atomic E-state index is 12.2. The Morgan fingerprint density at radius 2 is 1.91 bits per heavy atom. The monoisotopic (exact) mass is 441 g/mol. The lowest BCUT2D eigenvalue weighted by atomic mass is 10.1. The summed E-state index contributed by atoms with van der Waals surface area (Å²) in [6.07, 6.45) is 1.69. The number of morpholine rings is 1. The molecule has 1 aliphatic heterocycles. The lowest BCUT2D eigenvalue weighted by Gasteiger charge is -2.26. The Morgan fingerprint density at radius 3 is 2.66 bits per heavy atom. The first-order valence-electron chi connectivity index (χ1n) is 10.2. The highest BCUT2D eigenvalue weighted by Gasteiger charge is 2.18. The number of carbonyl (C=O) groups is 2. The fourth-order valence-electron chi connectivity index (χ4n) is 3.11. The molecule has 0 saturated carbocycles. The summed E-state index contributed by atoms with van der Waals surface area (Å²) in [5.74, 6) is 1.27. The molecule has 1 saturated heterocycles. The van der Waals surface area contributed by atoms with E-state index < -0.39 is 0 Å². The minimum Gasteiger partial charge on any atom is -0.497 e. The Balaban J connectivity index is 1.52. The molecule has 170 valence electrons. The molecule has 32 heavy (non-hydrogen) atoms. The van der Waals surface area contributed by atoms with Crippen LogP contribution in [0.3, 0.4) is 0 Å². The molecule has 2 amide bonds. The van der Waals surface area contributed by atoms with Crippen LogP contribution in [0.1, 0.15) is 11.1 Å². The zero-order valence-electron chi connectivity index (χ0n) is 18.2. The van der Waals surface area contributed by atoms with Gasteiger partial charge in [-0.25, -0.2) is 5.43 Å². The van der Waals surface area contributed by atoms with E-state index in [1.807, 2.05) is 18.2 Å². The number of nitrogens with zero attached hydrogens (tertiary/aromatic N) is 2. The van der Waals surface area contributed by atoms with Gasteiger partial charge in [-0.05, 0) is 41.5 Å². The van der Waals surface area contributed by atoms with Crippen molar-refractivity contribution < 1.29 is 28.5 Å². The van der Waals surface area contributed by atoms with E-state index >= 15 is 0 Å². The van der Waals surface area contributed by atoms with Crippen LogP contribution >= 0.6 is 0 Å². The highest BCUT2D eigenvalue weighted by atomic mass is 16.5. The van der Waals surface area contributed by atoms with Crippen LogP contribution < -0.4 is 19.6 Å². The summed E-state index contributed by atoms with van der Waals surface area (Å²) < 4.78 is 21.4. The minimum absolute atomic E-state index is 0.0792. The maximum Gasteiger partial charge on any atom is 0.260 e. The standard InChI is InChI=1S/C23H27N3O6/c1-29-19-5-3-4-17(12-19)14-22(27)25-24-15-18-6-7-20(21(13-18)30-2)32-16-23(28)26-8-10-31-11-9-26/h3-7,12-13,15H,8-11,14,16H2,1-2H3,(H,25,27)/b24-15+. The van der Waals surface area contributed by atoms with E-state index in [0.29, 0.717) is 49.1 Å². The SMILES string of the molecule is COc1cccc(CC(=O)N/N=C/c2ccc(OCC(=O)N3CCOCC3)c(OC)c2)c1. The first-order valence-corrected chi connectivity index (χ1v) is 10.2. The van der Waals surface area contributed by atoms with Gasteiger partial charge in [0.05, 0.1) is 40.1 Å². The summed E-state index contributed by atoms with van der Waals surface area (Å²) >= 11 is 0. The predicted octanol–water partition coefficient (Wildman–Crippen LogP) is 1.63. The van der Waals surface area contributed by atoms with Gasteiger partial charge >= 0.3 is 0 Å². The number of amides is 2. The number of hydrazone groups is 1. The van der Waals surface area contributed by atoms with Gasteiger partial charge in [0.25, 0.3) is 5.91 Å². The molecule has 0 aromatic heterocycles. The van der Waals surface area contributed by atoms with Gasteiger partial charge in [-0.1, -0.05) is 12.1 Å². The lowest BCUT2D eigenvalue weighted by Crippen LogP contribution is -2.43. The van der Waals surface area contributed by atoms with Gasteiger partial charge in [0, 0.05) is 13.1 Å². The molecular formula is C23H27N3O6. The molecule has 9 nitrogen and oxygen atoms in total. The Labute approximate surface area is 186 Å². The summed E-state index contributed by atoms with van der Waals surface area (Å²) in [6.45, 7) is 2.14. The molecule has 2 aromatic carbocycles. The van der Waals surface area contributed by atoms with Crippen LogP contribution in [0.25, 0.3) is 0 Å². The van der Waals surface area contributed by atoms with Crippen molar-refractivity contribution in [1.29, 1.82) is 0 Å². The van der Waals surface area contributed by atoms with E-state index in [1.54, 1.807) is 36.3 Å². The number of ether oxygens (including phenoxy) is 4. The van der Waals surface area contributed by atoms with Crippen molar-refractivity contribution in [2.75, 3.05) is 47.1 Å². The number of methoxy groups -OCH3 is 2. The van der Waals surface area contributed by atoms with Crippen LogP contribution in [0.15, 0.2) is 47.6 Å². The molecule has 9 heteroatoms. The Kier molecular flexibility index (Phi) is 8.44. The largest absolute Gasteiger partial charge is 0.497 e. The lowest BCUT2D eigenvalue weighted by molar-refractivity contribution is -0.137. The van der Waals surface area contributed by atoms with E-state index in [-0.39, 0.29) is 24.8 Å². The number of nitrogens with one attached hydrogen (secondary N) is 1. The van der Waals surface area contributed by atoms with Crippen molar-refractivity contribution >= 4 is 18.0 Å². The molecule has 0 radical (unpaired) electrons. The fraction of sp³-hybridized carbons (Fsp3) is 0.348. The van der Waals surface area contributed by atoms with Crippen molar-refractivity contribution in [2.24, 2.45) is 5.10 Å².